The number of hydrogen-bond donors (Lipinski definition) is 1. The van der Waals surface area contributed by atoms with Crippen LogP contribution >= 0.6 is 0 Å². The second kappa shape index (κ2) is 4.66. The molecule has 0 spiro atoms. The van der Waals surface area contributed by atoms with Crippen molar-refractivity contribution in [3.05, 3.63) is 35.9 Å². The number of aliphatic carboxylic acids is 1. The van der Waals surface area contributed by atoms with Crippen LogP contribution in [0.25, 0.3) is 0 Å². The van der Waals surface area contributed by atoms with Crippen molar-refractivity contribution in [3.63, 3.8) is 0 Å². The fourth-order valence-corrected chi connectivity index (χ4v) is 2.43. The lowest BCUT2D eigenvalue weighted by Gasteiger charge is -2.14. The van der Waals surface area contributed by atoms with E-state index in [0.29, 0.717) is 6.54 Å². The Bertz CT molecular complexity index is 363. The summed E-state index contributed by atoms with van der Waals surface area (Å²) < 4.78 is 0. The van der Waals surface area contributed by atoms with Gasteiger partial charge in [0.05, 0.1) is 5.92 Å². The van der Waals surface area contributed by atoms with Gasteiger partial charge in [-0.25, -0.2) is 0 Å². The molecule has 0 amide bonds. The molecule has 1 N–H and O–H groups in total. The van der Waals surface area contributed by atoms with Gasteiger partial charge < -0.3 is 10.0 Å². The molecule has 3 nitrogen and oxygen atoms in total. The van der Waals surface area contributed by atoms with Gasteiger partial charge in [-0.05, 0) is 12.1 Å². The van der Waals surface area contributed by atoms with Crippen molar-refractivity contribution in [2.75, 3.05) is 19.6 Å². The van der Waals surface area contributed by atoms with E-state index in [0.717, 1.165) is 18.7 Å². The number of benzene rings is 1. The highest BCUT2D eigenvalue weighted by atomic mass is 16.4. The van der Waals surface area contributed by atoms with Crippen molar-refractivity contribution in [2.24, 2.45) is 5.92 Å². The molecule has 2 atom stereocenters. The number of carboxylic acid groups (broad SMARTS) is 1. The van der Waals surface area contributed by atoms with Gasteiger partial charge in [-0.3, -0.25) is 4.79 Å². The Kier molecular flexibility index (Phi) is 3.25. The number of carboxylic acids is 1. The maximum atomic E-state index is 11.2. The molecule has 1 aliphatic rings. The predicted molar refractivity (Wildman–Crippen MR) is 62.4 cm³/mol. The topological polar surface area (TPSA) is 40.5 Å². The molecule has 1 aliphatic heterocycles. The Balaban J connectivity index is 2.22. The van der Waals surface area contributed by atoms with Crippen LogP contribution in [0.3, 0.4) is 0 Å². The first-order valence-corrected chi connectivity index (χ1v) is 5.72. The second-order valence-corrected chi connectivity index (χ2v) is 4.31. The van der Waals surface area contributed by atoms with Crippen LogP contribution in [0.15, 0.2) is 30.3 Å². The van der Waals surface area contributed by atoms with Crippen molar-refractivity contribution >= 4 is 5.97 Å². The van der Waals surface area contributed by atoms with E-state index in [1.54, 1.807) is 0 Å². The zero-order valence-electron chi connectivity index (χ0n) is 9.47. The zero-order chi connectivity index (χ0) is 11.5. The van der Waals surface area contributed by atoms with Gasteiger partial charge in [0.2, 0.25) is 0 Å². The summed E-state index contributed by atoms with van der Waals surface area (Å²) in [7, 11) is 0. The quantitative estimate of drug-likeness (QED) is 0.842. The molecule has 0 radical (unpaired) electrons. The van der Waals surface area contributed by atoms with Crippen LogP contribution in [-0.4, -0.2) is 35.6 Å². The Morgan fingerprint density at radius 3 is 2.62 bits per heavy atom. The molecule has 0 bridgehead atoms. The summed E-state index contributed by atoms with van der Waals surface area (Å²) >= 11 is 0. The normalized spacial score (nSPS) is 25.8. The van der Waals surface area contributed by atoms with Gasteiger partial charge in [-0.1, -0.05) is 37.3 Å². The van der Waals surface area contributed by atoms with Gasteiger partial charge in [-0.15, -0.1) is 0 Å². The van der Waals surface area contributed by atoms with Crippen LogP contribution in [0.2, 0.25) is 0 Å². The van der Waals surface area contributed by atoms with Crippen molar-refractivity contribution in [1.82, 2.24) is 4.90 Å². The molecular formula is C13H17NO2. The lowest BCUT2D eigenvalue weighted by molar-refractivity contribution is -0.141. The highest BCUT2D eigenvalue weighted by Crippen LogP contribution is 2.32. The first-order valence-electron chi connectivity index (χ1n) is 5.72. The van der Waals surface area contributed by atoms with Gasteiger partial charge >= 0.3 is 5.97 Å². The van der Waals surface area contributed by atoms with Crippen LogP contribution in [0.5, 0.6) is 0 Å². The minimum atomic E-state index is -0.676. The molecule has 0 aromatic heterocycles. The molecule has 2 rings (SSSR count). The van der Waals surface area contributed by atoms with Gasteiger partial charge in [0.1, 0.15) is 0 Å². The van der Waals surface area contributed by atoms with Crippen LogP contribution in [0, 0.1) is 5.92 Å². The van der Waals surface area contributed by atoms with Crippen LogP contribution in [-0.2, 0) is 4.79 Å². The highest BCUT2D eigenvalue weighted by Gasteiger charge is 2.37. The van der Waals surface area contributed by atoms with E-state index in [1.807, 2.05) is 30.3 Å². The van der Waals surface area contributed by atoms with Gasteiger partial charge in [0.15, 0.2) is 0 Å². The van der Waals surface area contributed by atoms with E-state index in [4.69, 9.17) is 0 Å². The SMILES string of the molecule is CCN1CC(C(=O)O)C(c2ccccc2)C1. The summed E-state index contributed by atoms with van der Waals surface area (Å²) in [5, 5.41) is 9.23. The molecule has 3 heteroatoms. The summed E-state index contributed by atoms with van der Waals surface area (Å²) in [6.07, 6.45) is 0. The first kappa shape index (κ1) is 11.1. The molecule has 0 saturated carbocycles. The summed E-state index contributed by atoms with van der Waals surface area (Å²) in [6.45, 7) is 4.53. The Labute approximate surface area is 95.7 Å². The number of nitrogens with zero attached hydrogens (tertiary/aromatic N) is 1. The predicted octanol–water partition coefficient (Wildman–Crippen LogP) is 1.81. The standard InChI is InChI=1S/C13H17NO2/c1-2-14-8-11(12(9-14)13(15)16)10-6-4-3-5-7-10/h3-7,11-12H,2,8-9H2,1H3,(H,15,16). The maximum Gasteiger partial charge on any atom is 0.308 e. The monoisotopic (exact) mass is 219 g/mol. The van der Waals surface area contributed by atoms with Crippen molar-refractivity contribution in [1.29, 1.82) is 0 Å². The first-order chi connectivity index (χ1) is 7.72. The molecule has 2 unspecified atom stereocenters. The maximum absolute atomic E-state index is 11.2. The van der Waals surface area contributed by atoms with Crippen molar-refractivity contribution in [2.45, 2.75) is 12.8 Å². The van der Waals surface area contributed by atoms with Gasteiger partial charge in [0, 0.05) is 19.0 Å². The van der Waals surface area contributed by atoms with E-state index in [2.05, 4.69) is 11.8 Å². The molecular weight excluding hydrogens is 202 g/mol. The largest absolute Gasteiger partial charge is 0.481 e. The fraction of sp³-hybridized carbons (Fsp3) is 0.462. The van der Waals surface area contributed by atoms with Gasteiger partial charge in [0.25, 0.3) is 0 Å². The summed E-state index contributed by atoms with van der Waals surface area (Å²) in [4.78, 5) is 13.4. The molecule has 0 aliphatic carbocycles. The summed E-state index contributed by atoms with van der Waals surface area (Å²) in [6, 6.07) is 9.97. The molecule has 16 heavy (non-hydrogen) atoms. The lowest BCUT2D eigenvalue weighted by atomic mass is 9.89. The van der Waals surface area contributed by atoms with E-state index < -0.39 is 5.97 Å². The Hall–Kier alpha value is -1.35. The van der Waals surface area contributed by atoms with E-state index in [9.17, 15) is 9.90 Å². The van der Waals surface area contributed by atoms with Crippen LogP contribution < -0.4 is 0 Å². The number of rotatable bonds is 3. The van der Waals surface area contributed by atoms with E-state index in [1.165, 1.54) is 0 Å². The summed E-state index contributed by atoms with van der Waals surface area (Å²) in [5.74, 6) is -0.800. The molecule has 86 valence electrons. The number of carbonyl (C=O) groups is 1. The fourth-order valence-electron chi connectivity index (χ4n) is 2.43. The third kappa shape index (κ3) is 2.09. The Morgan fingerprint density at radius 2 is 2.06 bits per heavy atom. The number of hydrogen-bond acceptors (Lipinski definition) is 2. The molecule has 1 aromatic carbocycles. The highest BCUT2D eigenvalue weighted by molar-refractivity contribution is 5.72. The third-order valence-corrected chi connectivity index (χ3v) is 3.39. The molecule has 1 heterocycles. The Morgan fingerprint density at radius 1 is 1.38 bits per heavy atom. The number of likely N-dealkylation sites (N-methyl/N-ethyl adjacent to an activating group) is 1. The zero-order valence-corrected chi connectivity index (χ0v) is 9.47. The summed E-state index contributed by atoms with van der Waals surface area (Å²) in [5.41, 5.74) is 1.14. The average molecular weight is 219 g/mol. The molecule has 1 aromatic rings. The van der Waals surface area contributed by atoms with E-state index in [-0.39, 0.29) is 11.8 Å². The third-order valence-electron chi connectivity index (χ3n) is 3.39. The average Bonchev–Trinajstić information content (AvgIpc) is 2.74. The molecule has 1 saturated heterocycles. The van der Waals surface area contributed by atoms with E-state index >= 15 is 0 Å². The van der Waals surface area contributed by atoms with Crippen LogP contribution in [0.1, 0.15) is 18.4 Å². The van der Waals surface area contributed by atoms with Gasteiger partial charge in [-0.2, -0.15) is 0 Å². The lowest BCUT2D eigenvalue weighted by Crippen LogP contribution is -2.23. The van der Waals surface area contributed by atoms with Crippen LogP contribution in [0.4, 0.5) is 0 Å². The number of likely N-dealkylation sites (tertiary alicyclic amines) is 1. The smallest absolute Gasteiger partial charge is 0.308 e. The molecule has 1 fully saturated rings. The minimum Gasteiger partial charge on any atom is -0.481 e. The second-order valence-electron chi connectivity index (χ2n) is 4.31. The van der Waals surface area contributed by atoms with Crippen molar-refractivity contribution < 1.29 is 9.90 Å². The minimum absolute atomic E-state index is 0.138. The van der Waals surface area contributed by atoms with Crippen molar-refractivity contribution in [3.8, 4) is 0 Å².